The quantitative estimate of drug-likeness (QED) is 0.829. The molecule has 132 valence electrons. The lowest BCUT2D eigenvalue weighted by molar-refractivity contribution is -0.130. The molecule has 6 heteroatoms. The van der Waals surface area contributed by atoms with Crippen LogP contribution in [0.25, 0.3) is 0 Å². The van der Waals surface area contributed by atoms with E-state index in [0.717, 1.165) is 36.1 Å². The Kier molecular flexibility index (Phi) is 7.24. The van der Waals surface area contributed by atoms with Crippen LogP contribution in [0.4, 0.5) is 0 Å². The Balaban J connectivity index is 1.82. The number of rotatable bonds is 5. The highest BCUT2D eigenvalue weighted by molar-refractivity contribution is 9.10. The molecule has 0 saturated carbocycles. The molecular formula is C18H26BrN3O2. The molecule has 5 nitrogen and oxygen atoms in total. The van der Waals surface area contributed by atoms with Crippen molar-refractivity contribution in [2.75, 3.05) is 32.7 Å². The number of nitrogens with one attached hydrogen (secondary N) is 1. The number of benzene rings is 1. The second-order valence-corrected chi connectivity index (χ2v) is 7.45. The zero-order valence-corrected chi connectivity index (χ0v) is 16.0. The van der Waals surface area contributed by atoms with Crippen LogP contribution in [0.1, 0.15) is 25.8 Å². The predicted molar refractivity (Wildman–Crippen MR) is 98.8 cm³/mol. The minimum absolute atomic E-state index is 0.0552. The van der Waals surface area contributed by atoms with Crippen molar-refractivity contribution in [1.82, 2.24) is 15.1 Å². The SMILES string of the molecule is CC(C)NC(=O)CN1CCCN(C(=O)Cc2ccc(Br)cc2)CC1. The fraction of sp³-hybridized carbons (Fsp3) is 0.556. The summed E-state index contributed by atoms with van der Waals surface area (Å²) in [5, 5.41) is 2.92. The molecule has 24 heavy (non-hydrogen) atoms. The van der Waals surface area contributed by atoms with Gasteiger partial charge in [-0.15, -0.1) is 0 Å². The number of hydrogen-bond acceptors (Lipinski definition) is 3. The lowest BCUT2D eigenvalue weighted by Gasteiger charge is -2.22. The maximum absolute atomic E-state index is 12.5. The average molecular weight is 396 g/mol. The second-order valence-electron chi connectivity index (χ2n) is 6.54. The Morgan fingerprint density at radius 2 is 1.83 bits per heavy atom. The van der Waals surface area contributed by atoms with E-state index in [1.54, 1.807) is 0 Å². The third-order valence-corrected chi connectivity index (χ3v) is 4.56. The molecule has 0 aromatic heterocycles. The molecule has 0 spiro atoms. The van der Waals surface area contributed by atoms with Gasteiger partial charge >= 0.3 is 0 Å². The van der Waals surface area contributed by atoms with Gasteiger partial charge in [0.05, 0.1) is 13.0 Å². The van der Waals surface area contributed by atoms with E-state index in [1.807, 2.05) is 43.0 Å². The molecule has 0 aliphatic carbocycles. The van der Waals surface area contributed by atoms with Gasteiger partial charge in [0, 0.05) is 36.7 Å². The predicted octanol–water partition coefficient (Wildman–Crippen LogP) is 2.05. The van der Waals surface area contributed by atoms with E-state index < -0.39 is 0 Å². The highest BCUT2D eigenvalue weighted by Gasteiger charge is 2.20. The van der Waals surface area contributed by atoms with Gasteiger partial charge in [0.25, 0.3) is 0 Å². The van der Waals surface area contributed by atoms with Crippen LogP contribution in [0.15, 0.2) is 28.7 Å². The van der Waals surface area contributed by atoms with Crippen molar-refractivity contribution in [3.8, 4) is 0 Å². The number of amides is 2. The van der Waals surface area contributed by atoms with E-state index >= 15 is 0 Å². The van der Waals surface area contributed by atoms with Crippen molar-refractivity contribution in [2.45, 2.75) is 32.7 Å². The second kappa shape index (κ2) is 9.18. The summed E-state index contributed by atoms with van der Waals surface area (Å²) in [7, 11) is 0. The molecule has 1 aliphatic rings. The number of nitrogens with zero attached hydrogens (tertiary/aromatic N) is 2. The summed E-state index contributed by atoms with van der Waals surface area (Å²) < 4.78 is 1.02. The van der Waals surface area contributed by atoms with Gasteiger partial charge in [-0.05, 0) is 38.0 Å². The number of halogens is 1. The standard InChI is InChI=1S/C18H26BrN3O2/c1-14(2)20-17(23)13-21-8-3-9-22(11-10-21)18(24)12-15-4-6-16(19)7-5-15/h4-7,14H,3,8-13H2,1-2H3,(H,20,23). The van der Waals surface area contributed by atoms with E-state index in [9.17, 15) is 9.59 Å². The lowest BCUT2D eigenvalue weighted by Crippen LogP contribution is -2.42. The number of carbonyl (C=O) groups excluding carboxylic acids is 2. The van der Waals surface area contributed by atoms with E-state index in [-0.39, 0.29) is 17.9 Å². The Hall–Kier alpha value is -1.40. The Labute approximate surface area is 152 Å². The number of carbonyl (C=O) groups is 2. The zero-order chi connectivity index (χ0) is 17.5. The van der Waals surface area contributed by atoms with Gasteiger partial charge in [-0.1, -0.05) is 28.1 Å². The van der Waals surface area contributed by atoms with Gasteiger partial charge in [0.2, 0.25) is 11.8 Å². The summed E-state index contributed by atoms with van der Waals surface area (Å²) in [5.41, 5.74) is 1.03. The molecule has 2 amide bonds. The van der Waals surface area contributed by atoms with Gasteiger partial charge in [-0.3, -0.25) is 14.5 Å². The van der Waals surface area contributed by atoms with Crippen LogP contribution in [-0.4, -0.2) is 60.4 Å². The van der Waals surface area contributed by atoms with Gasteiger partial charge in [0.15, 0.2) is 0 Å². The first kappa shape index (κ1) is 18.9. The van der Waals surface area contributed by atoms with E-state index in [2.05, 4.69) is 26.1 Å². The van der Waals surface area contributed by atoms with Crippen LogP contribution in [0.5, 0.6) is 0 Å². The van der Waals surface area contributed by atoms with E-state index in [0.29, 0.717) is 19.5 Å². The highest BCUT2D eigenvalue weighted by atomic mass is 79.9. The molecule has 0 radical (unpaired) electrons. The molecule has 1 fully saturated rings. The van der Waals surface area contributed by atoms with Gasteiger partial charge < -0.3 is 10.2 Å². The van der Waals surface area contributed by atoms with Crippen LogP contribution in [0, 0.1) is 0 Å². The molecule has 1 aromatic rings. The average Bonchev–Trinajstić information content (AvgIpc) is 2.74. The first-order chi connectivity index (χ1) is 11.4. The maximum atomic E-state index is 12.5. The minimum atomic E-state index is 0.0552. The molecular weight excluding hydrogens is 370 g/mol. The van der Waals surface area contributed by atoms with Crippen molar-refractivity contribution in [3.05, 3.63) is 34.3 Å². The van der Waals surface area contributed by atoms with E-state index in [4.69, 9.17) is 0 Å². The summed E-state index contributed by atoms with van der Waals surface area (Å²) in [6, 6.07) is 8.03. The molecule has 1 heterocycles. The molecule has 2 rings (SSSR count). The summed E-state index contributed by atoms with van der Waals surface area (Å²) in [6.07, 6.45) is 1.34. The molecule has 0 unspecified atom stereocenters. The largest absolute Gasteiger partial charge is 0.353 e. The topological polar surface area (TPSA) is 52.7 Å². The normalized spacial score (nSPS) is 16.1. The van der Waals surface area contributed by atoms with Crippen LogP contribution in [0.2, 0.25) is 0 Å². The summed E-state index contributed by atoms with van der Waals surface area (Å²) in [6.45, 7) is 7.38. The third-order valence-electron chi connectivity index (χ3n) is 4.03. The summed E-state index contributed by atoms with van der Waals surface area (Å²) in [4.78, 5) is 28.4. The van der Waals surface area contributed by atoms with Gasteiger partial charge in [-0.2, -0.15) is 0 Å². The van der Waals surface area contributed by atoms with Gasteiger partial charge in [0.1, 0.15) is 0 Å². The molecule has 1 N–H and O–H groups in total. The Morgan fingerprint density at radius 1 is 1.12 bits per heavy atom. The smallest absolute Gasteiger partial charge is 0.234 e. The van der Waals surface area contributed by atoms with Crippen molar-refractivity contribution in [2.24, 2.45) is 0 Å². The molecule has 0 bridgehead atoms. The van der Waals surface area contributed by atoms with Crippen LogP contribution in [-0.2, 0) is 16.0 Å². The highest BCUT2D eigenvalue weighted by Crippen LogP contribution is 2.12. The summed E-state index contributed by atoms with van der Waals surface area (Å²) >= 11 is 3.41. The van der Waals surface area contributed by atoms with Crippen LogP contribution < -0.4 is 5.32 Å². The Bertz CT molecular complexity index is 560. The fourth-order valence-corrected chi connectivity index (χ4v) is 3.10. The zero-order valence-electron chi connectivity index (χ0n) is 14.4. The van der Waals surface area contributed by atoms with E-state index in [1.165, 1.54) is 0 Å². The van der Waals surface area contributed by atoms with Crippen molar-refractivity contribution in [1.29, 1.82) is 0 Å². The molecule has 1 aromatic carbocycles. The molecule has 0 atom stereocenters. The first-order valence-corrected chi connectivity index (χ1v) is 9.27. The van der Waals surface area contributed by atoms with Crippen molar-refractivity contribution >= 4 is 27.7 Å². The number of hydrogen-bond donors (Lipinski definition) is 1. The monoisotopic (exact) mass is 395 g/mol. The maximum Gasteiger partial charge on any atom is 0.234 e. The molecule has 1 aliphatic heterocycles. The minimum Gasteiger partial charge on any atom is -0.353 e. The summed E-state index contributed by atoms with van der Waals surface area (Å²) in [5.74, 6) is 0.213. The first-order valence-electron chi connectivity index (χ1n) is 8.48. The van der Waals surface area contributed by atoms with Crippen molar-refractivity contribution < 1.29 is 9.59 Å². The third kappa shape index (κ3) is 6.24. The van der Waals surface area contributed by atoms with Crippen molar-refractivity contribution in [3.63, 3.8) is 0 Å². The lowest BCUT2D eigenvalue weighted by atomic mass is 10.1. The van der Waals surface area contributed by atoms with Gasteiger partial charge in [-0.25, -0.2) is 0 Å². The molecule has 1 saturated heterocycles. The fourth-order valence-electron chi connectivity index (χ4n) is 2.84. The van der Waals surface area contributed by atoms with Crippen LogP contribution in [0.3, 0.4) is 0 Å². The Morgan fingerprint density at radius 3 is 2.50 bits per heavy atom. The van der Waals surface area contributed by atoms with Crippen LogP contribution >= 0.6 is 15.9 Å².